The van der Waals surface area contributed by atoms with Gasteiger partial charge in [-0.15, -0.1) is 11.3 Å². The lowest BCUT2D eigenvalue weighted by Gasteiger charge is -2.03. The fourth-order valence-corrected chi connectivity index (χ4v) is 3.91. The zero-order valence-corrected chi connectivity index (χ0v) is 17.0. The number of rotatable bonds is 4. The number of thiazole rings is 1. The largest absolute Gasteiger partial charge is 0.454 e. The van der Waals surface area contributed by atoms with Crippen LogP contribution in [-0.2, 0) is 0 Å². The Hall–Kier alpha value is -3.71. The van der Waals surface area contributed by atoms with E-state index in [1.54, 1.807) is 17.6 Å². The van der Waals surface area contributed by atoms with Crippen LogP contribution in [0.3, 0.4) is 0 Å². The molecule has 1 aromatic heterocycles. The number of benzene rings is 3. The number of fused-ring (bicyclic) bond motifs is 2. The summed E-state index contributed by atoms with van der Waals surface area (Å²) in [6, 6.07) is 21.7. The average molecular weight is 414 g/mol. The van der Waals surface area contributed by atoms with Crippen LogP contribution in [-0.4, -0.2) is 23.8 Å². The van der Waals surface area contributed by atoms with E-state index in [2.05, 4.69) is 23.5 Å². The van der Waals surface area contributed by atoms with Gasteiger partial charge in [0.25, 0.3) is 0 Å². The molecule has 7 heteroatoms. The number of amidine groups is 1. The maximum atomic E-state index is 5.42. The number of aryl methyl sites for hydroxylation is 1. The monoisotopic (exact) mass is 414 g/mol. The maximum absolute atomic E-state index is 5.42. The number of nitrogens with one attached hydrogen (secondary N) is 1. The second-order valence-corrected chi connectivity index (χ2v) is 7.80. The summed E-state index contributed by atoms with van der Waals surface area (Å²) in [5.74, 6) is 2.06. The molecule has 148 valence electrons. The van der Waals surface area contributed by atoms with Crippen LogP contribution in [0.2, 0.25) is 0 Å². The Bertz CT molecular complexity index is 1230. The normalized spacial score (nSPS) is 13.3. The topological polar surface area (TPSA) is 68.1 Å². The van der Waals surface area contributed by atoms with Gasteiger partial charge in [0.1, 0.15) is 0 Å². The fourth-order valence-electron chi connectivity index (χ4n) is 3.00. The second kappa shape index (κ2) is 7.96. The molecule has 0 radical (unpaired) electrons. The average Bonchev–Trinajstić information content (AvgIpc) is 3.41. The highest BCUT2D eigenvalue weighted by atomic mass is 32.1. The van der Waals surface area contributed by atoms with Crippen LogP contribution in [0.1, 0.15) is 16.1 Å². The van der Waals surface area contributed by atoms with Crippen molar-refractivity contribution in [3.05, 3.63) is 82.9 Å². The maximum Gasteiger partial charge on any atom is 0.231 e. The zero-order chi connectivity index (χ0) is 20.3. The molecular formula is C23H18N4O2S. The van der Waals surface area contributed by atoms with Gasteiger partial charge in [-0.2, -0.15) is 5.10 Å². The van der Waals surface area contributed by atoms with Gasteiger partial charge >= 0.3 is 0 Å². The number of nitrogens with zero attached hydrogens (tertiary/aromatic N) is 3. The third-order valence-electron chi connectivity index (χ3n) is 4.55. The molecule has 0 fully saturated rings. The van der Waals surface area contributed by atoms with Crippen molar-refractivity contribution in [1.29, 1.82) is 0 Å². The predicted molar refractivity (Wildman–Crippen MR) is 120 cm³/mol. The quantitative estimate of drug-likeness (QED) is 0.289. The lowest BCUT2D eigenvalue weighted by atomic mass is 10.2. The third-order valence-corrected chi connectivity index (χ3v) is 5.60. The van der Waals surface area contributed by atoms with E-state index in [1.807, 2.05) is 60.7 Å². The van der Waals surface area contributed by atoms with Crippen molar-refractivity contribution in [1.82, 2.24) is 10.4 Å². The van der Waals surface area contributed by atoms with Gasteiger partial charge in [0.05, 0.1) is 22.1 Å². The standard InChI is InChI=1S/C23H18N4O2S/c1-15-6-9-17(10-7-15)25-22(23-26-18-4-2-3-5-21(18)30-23)27-24-13-16-8-11-19-20(12-16)29-14-28-19/h2-13H,14H2,1H3,(H,25,27). The van der Waals surface area contributed by atoms with E-state index < -0.39 is 0 Å². The second-order valence-electron chi connectivity index (χ2n) is 6.77. The molecule has 6 nitrogen and oxygen atoms in total. The predicted octanol–water partition coefficient (Wildman–Crippen LogP) is 5.04. The zero-order valence-electron chi connectivity index (χ0n) is 16.2. The van der Waals surface area contributed by atoms with Crippen LogP contribution < -0.4 is 14.9 Å². The number of hydrogen-bond donors (Lipinski definition) is 1. The fraction of sp³-hybridized carbons (Fsp3) is 0.0870. The van der Waals surface area contributed by atoms with Gasteiger partial charge < -0.3 is 9.47 Å². The van der Waals surface area contributed by atoms with E-state index in [0.29, 0.717) is 5.84 Å². The molecule has 30 heavy (non-hydrogen) atoms. The van der Waals surface area contributed by atoms with Gasteiger partial charge in [0, 0.05) is 0 Å². The van der Waals surface area contributed by atoms with E-state index in [0.717, 1.165) is 38.0 Å². The van der Waals surface area contributed by atoms with Crippen LogP contribution in [0.15, 0.2) is 76.8 Å². The molecule has 0 aliphatic carbocycles. The molecule has 0 bridgehead atoms. The minimum absolute atomic E-state index is 0.249. The van der Waals surface area contributed by atoms with Crippen molar-refractivity contribution in [2.24, 2.45) is 10.1 Å². The lowest BCUT2D eigenvalue weighted by molar-refractivity contribution is 0.174. The van der Waals surface area contributed by atoms with Gasteiger partial charge in [-0.25, -0.2) is 9.98 Å². The molecule has 4 aromatic rings. The van der Waals surface area contributed by atoms with Gasteiger partial charge in [-0.3, -0.25) is 5.43 Å². The summed E-state index contributed by atoms with van der Waals surface area (Å²) in [6.45, 7) is 2.30. The summed E-state index contributed by atoms with van der Waals surface area (Å²) in [5, 5.41) is 5.17. The Balaban J connectivity index is 1.45. The van der Waals surface area contributed by atoms with Crippen molar-refractivity contribution < 1.29 is 9.47 Å². The van der Waals surface area contributed by atoms with Crippen molar-refractivity contribution in [2.75, 3.05) is 6.79 Å². The Morgan fingerprint density at radius 1 is 1.03 bits per heavy atom. The highest BCUT2D eigenvalue weighted by Crippen LogP contribution is 2.32. The molecule has 1 N–H and O–H groups in total. The van der Waals surface area contributed by atoms with Crippen LogP contribution in [0.25, 0.3) is 10.2 Å². The minimum atomic E-state index is 0.249. The number of para-hydroxylation sites is 1. The third kappa shape index (κ3) is 3.88. The molecular weight excluding hydrogens is 396 g/mol. The van der Waals surface area contributed by atoms with E-state index >= 15 is 0 Å². The smallest absolute Gasteiger partial charge is 0.231 e. The van der Waals surface area contributed by atoms with Crippen LogP contribution in [0.4, 0.5) is 5.69 Å². The number of aliphatic imine (C=N–C) groups is 1. The summed E-state index contributed by atoms with van der Waals surface area (Å²) >= 11 is 1.58. The molecule has 0 amide bonds. The molecule has 2 heterocycles. The number of hydrazone groups is 1. The number of hydrogen-bond acceptors (Lipinski definition) is 6. The molecule has 1 aliphatic heterocycles. The summed E-state index contributed by atoms with van der Waals surface area (Å²) in [6.07, 6.45) is 1.72. The van der Waals surface area contributed by atoms with Crippen LogP contribution >= 0.6 is 11.3 Å². The van der Waals surface area contributed by atoms with Gasteiger partial charge in [0.2, 0.25) is 6.79 Å². The van der Waals surface area contributed by atoms with Crippen molar-refractivity contribution in [3.63, 3.8) is 0 Å². The summed E-state index contributed by atoms with van der Waals surface area (Å²) in [7, 11) is 0. The molecule has 3 aromatic carbocycles. The molecule has 1 aliphatic rings. The highest BCUT2D eigenvalue weighted by Gasteiger charge is 2.13. The molecule has 0 atom stereocenters. The van der Waals surface area contributed by atoms with Crippen molar-refractivity contribution in [3.8, 4) is 11.5 Å². The first kappa shape index (κ1) is 18.3. The molecule has 5 rings (SSSR count). The first-order valence-corrected chi connectivity index (χ1v) is 10.3. The molecule has 0 spiro atoms. The number of aromatic nitrogens is 1. The molecule has 0 saturated carbocycles. The van der Waals surface area contributed by atoms with Gasteiger partial charge in [0.15, 0.2) is 22.3 Å². The van der Waals surface area contributed by atoms with E-state index in [1.165, 1.54) is 5.56 Å². The van der Waals surface area contributed by atoms with E-state index in [9.17, 15) is 0 Å². The Morgan fingerprint density at radius 2 is 1.87 bits per heavy atom. The lowest BCUT2D eigenvalue weighted by Crippen LogP contribution is -2.18. The Kier molecular flexibility index (Phi) is 4.86. The van der Waals surface area contributed by atoms with E-state index in [-0.39, 0.29) is 6.79 Å². The van der Waals surface area contributed by atoms with Crippen molar-refractivity contribution in [2.45, 2.75) is 6.92 Å². The van der Waals surface area contributed by atoms with Crippen LogP contribution in [0, 0.1) is 6.92 Å². The minimum Gasteiger partial charge on any atom is -0.454 e. The SMILES string of the molecule is Cc1ccc(N=C(NN=Cc2ccc3c(c2)OCO3)c2nc3ccccc3s2)cc1. The summed E-state index contributed by atoms with van der Waals surface area (Å²) in [5.41, 5.74) is 6.92. The first-order chi connectivity index (χ1) is 14.7. The van der Waals surface area contributed by atoms with Crippen LogP contribution in [0.5, 0.6) is 11.5 Å². The number of ether oxygens (including phenoxy) is 2. The van der Waals surface area contributed by atoms with Gasteiger partial charge in [-0.05, 0) is 55.0 Å². The molecule has 0 unspecified atom stereocenters. The summed E-state index contributed by atoms with van der Waals surface area (Å²) in [4.78, 5) is 9.46. The Morgan fingerprint density at radius 3 is 2.73 bits per heavy atom. The Labute approximate surface area is 177 Å². The highest BCUT2D eigenvalue weighted by molar-refractivity contribution is 7.20. The summed E-state index contributed by atoms with van der Waals surface area (Å²) < 4.78 is 11.9. The van der Waals surface area contributed by atoms with E-state index in [4.69, 9.17) is 19.5 Å². The molecule has 0 saturated heterocycles. The van der Waals surface area contributed by atoms with Crippen molar-refractivity contribution >= 4 is 39.3 Å². The first-order valence-electron chi connectivity index (χ1n) is 9.45. The van der Waals surface area contributed by atoms with Gasteiger partial charge in [-0.1, -0.05) is 29.8 Å².